The zero-order valence-electron chi connectivity index (χ0n) is 19.9. The van der Waals surface area contributed by atoms with Gasteiger partial charge in [0.2, 0.25) is 11.8 Å². The minimum atomic E-state index is -2.11. The highest BCUT2D eigenvalue weighted by atomic mass is 79.9. The van der Waals surface area contributed by atoms with E-state index in [0.29, 0.717) is 11.3 Å². The van der Waals surface area contributed by atoms with Gasteiger partial charge in [0.05, 0.1) is 23.0 Å². The second kappa shape index (κ2) is 9.12. The Bertz CT molecular complexity index is 1500. The molecule has 0 spiro atoms. The Morgan fingerprint density at radius 1 is 1.00 bits per heavy atom. The molecule has 1 N–H and O–H groups in total. The van der Waals surface area contributed by atoms with Crippen LogP contribution < -0.4 is 4.90 Å². The van der Waals surface area contributed by atoms with Crippen molar-refractivity contribution in [3.05, 3.63) is 70.0 Å². The number of amides is 4. The number of aromatic hydroxyl groups is 1. The number of carbonyl (C=O) groups is 4. The maximum atomic E-state index is 14.6. The average molecular weight is 701 g/mol. The van der Waals surface area contributed by atoms with Gasteiger partial charge in [0, 0.05) is 16.0 Å². The van der Waals surface area contributed by atoms with E-state index in [1.165, 1.54) is 12.1 Å². The van der Waals surface area contributed by atoms with Gasteiger partial charge in [-0.15, -0.1) is 23.2 Å². The number of hydrogen-bond acceptors (Lipinski definition) is 5. The third kappa shape index (κ3) is 3.44. The van der Waals surface area contributed by atoms with E-state index >= 15 is 0 Å². The first-order valence-electron chi connectivity index (χ1n) is 12.1. The number of fused-ring (bicyclic) bond motifs is 4. The predicted molar refractivity (Wildman–Crippen MR) is 148 cm³/mol. The Hall–Kier alpha value is -2.27. The topological polar surface area (TPSA) is 95.0 Å². The van der Waals surface area contributed by atoms with E-state index in [1.54, 1.807) is 30.3 Å². The standard InChI is InChI=1S/C27H19Br2Cl2FN2O5/c28-11-33-24(38)26(30)10-17-14(20(27(26,31)25(33)39)16-2-1-3-18(32)21(16)35)8-9-15-19(17)23(37)34(22(15)36)13-6-4-12(29)5-7-13/h1-8,15,17,19-20,35H,9-11H2. The SMILES string of the molecule is O=C1C2CC=C3C(CC4(Cl)C(=O)N(CBr)C(=O)C4(Cl)C3c3cccc(F)c3O)C2C(=O)N1c1ccc(Br)cc1. The van der Waals surface area contributed by atoms with Crippen molar-refractivity contribution in [2.75, 3.05) is 10.4 Å². The summed E-state index contributed by atoms with van der Waals surface area (Å²) >= 11 is 20.7. The molecule has 12 heteroatoms. The molecule has 4 amide bonds. The van der Waals surface area contributed by atoms with Crippen molar-refractivity contribution in [3.63, 3.8) is 0 Å². The normalized spacial score (nSPS) is 33.7. The lowest BCUT2D eigenvalue weighted by Gasteiger charge is -2.50. The monoisotopic (exact) mass is 698 g/mol. The van der Waals surface area contributed by atoms with Gasteiger partial charge in [-0.05, 0) is 49.1 Å². The third-order valence-corrected chi connectivity index (χ3v) is 10.9. The number of hydrogen-bond donors (Lipinski definition) is 1. The first kappa shape index (κ1) is 26.9. The number of halogens is 5. The highest BCUT2D eigenvalue weighted by Gasteiger charge is 2.76. The molecular weight excluding hydrogens is 682 g/mol. The van der Waals surface area contributed by atoms with Gasteiger partial charge >= 0.3 is 0 Å². The number of phenols is 1. The molecule has 2 aliphatic carbocycles. The number of nitrogens with zero attached hydrogens (tertiary/aromatic N) is 2. The zero-order valence-corrected chi connectivity index (χ0v) is 24.6. The first-order valence-corrected chi connectivity index (χ1v) is 14.7. The minimum Gasteiger partial charge on any atom is -0.505 e. The molecule has 6 unspecified atom stereocenters. The number of likely N-dealkylation sites (tertiary alicyclic amines) is 1. The summed E-state index contributed by atoms with van der Waals surface area (Å²) in [6, 6.07) is 10.6. The molecule has 202 valence electrons. The molecule has 2 heterocycles. The summed E-state index contributed by atoms with van der Waals surface area (Å²) in [5.74, 6) is -7.68. The minimum absolute atomic E-state index is 0.0245. The van der Waals surface area contributed by atoms with E-state index in [9.17, 15) is 28.7 Å². The van der Waals surface area contributed by atoms with E-state index in [4.69, 9.17) is 23.2 Å². The van der Waals surface area contributed by atoms with Gasteiger partial charge in [0.1, 0.15) is 0 Å². The van der Waals surface area contributed by atoms with Gasteiger partial charge in [0.25, 0.3) is 11.8 Å². The van der Waals surface area contributed by atoms with Gasteiger partial charge in [-0.3, -0.25) is 29.0 Å². The molecule has 0 bridgehead atoms. The molecule has 0 radical (unpaired) electrons. The van der Waals surface area contributed by atoms with Crippen LogP contribution >= 0.6 is 55.1 Å². The summed E-state index contributed by atoms with van der Waals surface area (Å²) < 4.78 is 15.4. The van der Waals surface area contributed by atoms with Crippen molar-refractivity contribution in [2.24, 2.45) is 17.8 Å². The maximum Gasteiger partial charge on any atom is 0.254 e. The van der Waals surface area contributed by atoms with Crippen LogP contribution in [-0.2, 0) is 19.2 Å². The van der Waals surface area contributed by atoms with Gasteiger partial charge in [-0.2, -0.15) is 0 Å². The Morgan fingerprint density at radius 2 is 1.69 bits per heavy atom. The molecule has 39 heavy (non-hydrogen) atoms. The first-order chi connectivity index (χ1) is 18.5. The molecule has 3 fully saturated rings. The number of phenolic OH excluding ortho intramolecular Hbond substituents is 1. The van der Waals surface area contributed by atoms with Crippen LogP contribution in [0.5, 0.6) is 5.75 Å². The number of benzene rings is 2. The fourth-order valence-electron chi connectivity index (χ4n) is 6.71. The lowest BCUT2D eigenvalue weighted by molar-refractivity contribution is -0.138. The highest BCUT2D eigenvalue weighted by Crippen LogP contribution is 2.66. The van der Waals surface area contributed by atoms with E-state index in [2.05, 4.69) is 31.9 Å². The molecule has 0 aromatic heterocycles. The number of allylic oxidation sites excluding steroid dienone is 2. The lowest BCUT2D eigenvalue weighted by Crippen LogP contribution is -2.60. The lowest BCUT2D eigenvalue weighted by atomic mass is 9.56. The van der Waals surface area contributed by atoms with E-state index < -0.39 is 62.7 Å². The second-order valence-corrected chi connectivity index (χ2v) is 12.8. The van der Waals surface area contributed by atoms with E-state index in [0.717, 1.165) is 20.3 Å². The van der Waals surface area contributed by atoms with Crippen molar-refractivity contribution >= 4 is 84.4 Å². The highest BCUT2D eigenvalue weighted by molar-refractivity contribution is 9.10. The van der Waals surface area contributed by atoms with E-state index in [1.807, 2.05) is 0 Å². The summed E-state index contributed by atoms with van der Waals surface area (Å²) in [6.07, 6.45) is 1.69. The van der Waals surface area contributed by atoms with E-state index in [-0.39, 0.29) is 29.8 Å². The van der Waals surface area contributed by atoms with Crippen molar-refractivity contribution in [1.29, 1.82) is 0 Å². The molecule has 1 saturated carbocycles. The Kier molecular flexibility index (Phi) is 6.30. The number of rotatable bonds is 3. The predicted octanol–water partition coefficient (Wildman–Crippen LogP) is 5.21. The van der Waals surface area contributed by atoms with Crippen LogP contribution in [0.25, 0.3) is 0 Å². The zero-order chi connectivity index (χ0) is 28.0. The van der Waals surface area contributed by atoms with Crippen LogP contribution in [0.15, 0.2) is 58.6 Å². The number of carbonyl (C=O) groups excluding carboxylic acids is 4. The molecule has 7 nitrogen and oxygen atoms in total. The quantitative estimate of drug-likeness (QED) is 0.206. The molecule has 2 aliphatic heterocycles. The molecule has 2 aromatic carbocycles. The third-order valence-electron chi connectivity index (χ3n) is 8.43. The maximum absolute atomic E-state index is 14.6. The summed E-state index contributed by atoms with van der Waals surface area (Å²) in [5.41, 5.74) is 0.674. The van der Waals surface area contributed by atoms with Gasteiger partial charge in [0.15, 0.2) is 21.3 Å². The van der Waals surface area contributed by atoms with Crippen molar-refractivity contribution in [1.82, 2.24) is 4.90 Å². The van der Waals surface area contributed by atoms with Crippen molar-refractivity contribution in [2.45, 2.75) is 28.5 Å². The summed E-state index contributed by atoms with van der Waals surface area (Å²) in [5, 5.41) is 10.8. The molecule has 6 rings (SSSR count). The summed E-state index contributed by atoms with van der Waals surface area (Å²) in [6.45, 7) is 0. The molecular formula is C27H19Br2Cl2FN2O5. The summed E-state index contributed by atoms with van der Waals surface area (Å²) in [4.78, 5) is 52.6. The second-order valence-electron chi connectivity index (χ2n) is 10.2. The number of para-hydroxylation sites is 1. The van der Waals surface area contributed by atoms with Crippen molar-refractivity contribution in [3.8, 4) is 5.75 Å². The van der Waals surface area contributed by atoms with Gasteiger partial charge < -0.3 is 5.11 Å². The molecule has 2 aromatic rings. The smallest absolute Gasteiger partial charge is 0.254 e. The largest absolute Gasteiger partial charge is 0.505 e. The van der Waals surface area contributed by atoms with Gasteiger partial charge in [-0.25, -0.2) is 4.39 Å². The number of anilines is 1. The fraction of sp³-hybridized carbons (Fsp3) is 0.333. The Labute approximate surface area is 249 Å². The molecule has 2 saturated heterocycles. The number of imide groups is 2. The van der Waals surface area contributed by atoms with Crippen LogP contribution in [0, 0.1) is 23.6 Å². The van der Waals surface area contributed by atoms with Gasteiger partial charge in [-0.1, -0.05) is 55.6 Å². The van der Waals surface area contributed by atoms with Crippen LogP contribution in [0.4, 0.5) is 10.1 Å². The van der Waals surface area contributed by atoms with Crippen LogP contribution in [-0.4, -0.2) is 48.8 Å². The Balaban J connectivity index is 1.53. The molecule has 6 atom stereocenters. The fourth-order valence-corrected chi connectivity index (χ4v) is 8.39. The summed E-state index contributed by atoms with van der Waals surface area (Å²) in [7, 11) is 0. The number of alkyl halides is 3. The van der Waals surface area contributed by atoms with Crippen LogP contribution in [0.1, 0.15) is 24.3 Å². The average Bonchev–Trinajstić information content (AvgIpc) is 3.24. The molecule has 4 aliphatic rings. The van der Waals surface area contributed by atoms with Crippen molar-refractivity contribution < 1.29 is 28.7 Å². The van der Waals surface area contributed by atoms with Crippen LogP contribution in [0.3, 0.4) is 0 Å². The van der Waals surface area contributed by atoms with Crippen LogP contribution in [0.2, 0.25) is 0 Å². The Morgan fingerprint density at radius 3 is 2.36 bits per heavy atom.